The smallest absolute Gasteiger partial charge is 0.243 e. The van der Waals surface area contributed by atoms with E-state index in [4.69, 9.17) is 4.52 Å². The van der Waals surface area contributed by atoms with Gasteiger partial charge in [0.1, 0.15) is 0 Å². The number of aromatic nitrogens is 2. The van der Waals surface area contributed by atoms with Crippen LogP contribution in [0, 0.1) is 6.92 Å². The van der Waals surface area contributed by atoms with Crippen LogP contribution in [0.5, 0.6) is 0 Å². The van der Waals surface area contributed by atoms with Crippen molar-refractivity contribution in [3.8, 4) is 11.4 Å². The molecule has 0 amide bonds. The Bertz CT molecular complexity index is 1140. The number of hydrogen-bond acceptors (Lipinski definition) is 5. The van der Waals surface area contributed by atoms with Crippen LogP contribution in [0.3, 0.4) is 0 Å². The number of rotatable bonds is 4. The summed E-state index contributed by atoms with van der Waals surface area (Å²) in [5, 5.41) is 4.12. The van der Waals surface area contributed by atoms with E-state index in [9.17, 15) is 8.42 Å². The Morgan fingerprint density at radius 3 is 2.16 bits per heavy atom. The quantitative estimate of drug-likeness (QED) is 0.577. The van der Waals surface area contributed by atoms with Gasteiger partial charge in [-0.05, 0) is 42.9 Å². The fourth-order valence-electron chi connectivity index (χ4n) is 3.84. The molecule has 2 aromatic carbocycles. The highest BCUT2D eigenvalue weighted by molar-refractivity contribution is 7.89. The second-order valence-corrected chi connectivity index (χ2v) is 11.2. The molecular weight excluding hydrogens is 410 g/mol. The van der Waals surface area contributed by atoms with Crippen LogP contribution in [-0.2, 0) is 15.4 Å². The molecule has 0 saturated carbocycles. The van der Waals surface area contributed by atoms with Crippen LogP contribution >= 0.6 is 0 Å². The Kier molecular flexibility index (Phi) is 5.75. The van der Waals surface area contributed by atoms with E-state index >= 15 is 0 Å². The summed E-state index contributed by atoms with van der Waals surface area (Å²) in [7, 11) is -3.51. The molecule has 164 valence electrons. The number of aryl methyl sites for hydroxylation is 1. The third-order valence-corrected chi connectivity index (χ3v) is 7.83. The van der Waals surface area contributed by atoms with Crippen molar-refractivity contribution in [1.82, 2.24) is 14.4 Å². The van der Waals surface area contributed by atoms with E-state index in [1.807, 2.05) is 43.3 Å². The highest BCUT2D eigenvalue weighted by atomic mass is 32.2. The van der Waals surface area contributed by atoms with Crippen LogP contribution in [0.1, 0.15) is 56.5 Å². The van der Waals surface area contributed by atoms with E-state index in [-0.39, 0.29) is 11.3 Å². The molecule has 0 spiro atoms. The molecule has 1 saturated heterocycles. The molecule has 0 N–H and O–H groups in total. The lowest BCUT2D eigenvalue weighted by Gasteiger charge is -2.29. The normalized spacial score (nSPS) is 16.5. The van der Waals surface area contributed by atoms with Gasteiger partial charge in [0, 0.05) is 24.6 Å². The van der Waals surface area contributed by atoms with E-state index in [1.165, 1.54) is 5.56 Å². The monoisotopic (exact) mass is 439 g/mol. The maximum Gasteiger partial charge on any atom is 0.243 e. The van der Waals surface area contributed by atoms with Gasteiger partial charge < -0.3 is 4.52 Å². The van der Waals surface area contributed by atoms with Gasteiger partial charge in [-0.1, -0.05) is 67.9 Å². The van der Waals surface area contributed by atoms with Gasteiger partial charge in [-0.25, -0.2) is 8.42 Å². The maximum absolute atomic E-state index is 13.1. The fourth-order valence-corrected chi connectivity index (χ4v) is 5.31. The zero-order valence-electron chi connectivity index (χ0n) is 18.5. The summed E-state index contributed by atoms with van der Waals surface area (Å²) in [6.45, 7) is 9.26. The van der Waals surface area contributed by atoms with Gasteiger partial charge in [0.15, 0.2) is 0 Å². The second-order valence-electron chi connectivity index (χ2n) is 9.27. The summed E-state index contributed by atoms with van der Waals surface area (Å²) < 4.78 is 33.2. The maximum atomic E-state index is 13.1. The van der Waals surface area contributed by atoms with Crippen molar-refractivity contribution < 1.29 is 12.9 Å². The largest absolute Gasteiger partial charge is 0.339 e. The molecule has 0 radical (unpaired) electrons. The van der Waals surface area contributed by atoms with Crippen LogP contribution in [0.4, 0.5) is 0 Å². The van der Waals surface area contributed by atoms with Gasteiger partial charge in [-0.3, -0.25) is 0 Å². The van der Waals surface area contributed by atoms with Crippen molar-refractivity contribution >= 4 is 10.0 Å². The Balaban J connectivity index is 1.43. The molecule has 2 heterocycles. The predicted octanol–water partition coefficient (Wildman–Crippen LogP) is 4.91. The van der Waals surface area contributed by atoms with Crippen LogP contribution in [0.2, 0.25) is 0 Å². The minimum atomic E-state index is -3.51. The molecule has 1 aliphatic rings. The average molecular weight is 440 g/mol. The molecular formula is C24H29N3O3S. The molecule has 0 atom stereocenters. The molecule has 0 aliphatic carbocycles. The lowest BCUT2D eigenvalue weighted by molar-refractivity contribution is 0.271. The van der Waals surface area contributed by atoms with Gasteiger partial charge in [0.05, 0.1) is 4.90 Å². The zero-order valence-corrected chi connectivity index (χ0v) is 19.3. The van der Waals surface area contributed by atoms with Gasteiger partial charge in [-0.2, -0.15) is 9.29 Å². The summed E-state index contributed by atoms with van der Waals surface area (Å²) in [6.07, 6.45) is 1.32. The van der Waals surface area contributed by atoms with Crippen LogP contribution in [0.25, 0.3) is 11.4 Å². The summed E-state index contributed by atoms with van der Waals surface area (Å²) in [5.41, 5.74) is 3.20. The van der Waals surface area contributed by atoms with Crippen LogP contribution < -0.4 is 0 Å². The molecule has 1 aromatic heterocycles. The average Bonchev–Trinajstić information content (AvgIpc) is 3.24. The van der Waals surface area contributed by atoms with Crippen molar-refractivity contribution in [3.05, 3.63) is 65.5 Å². The highest BCUT2D eigenvalue weighted by Gasteiger charge is 2.32. The molecule has 3 aromatic rings. The van der Waals surface area contributed by atoms with Crippen molar-refractivity contribution in [1.29, 1.82) is 0 Å². The van der Waals surface area contributed by atoms with E-state index in [2.05, 4.69) is 30.9 Å². The van der Waals surface area contributed by atoms with Crippen LogP contribution in [0.15, 0.2) is 57.9 Å². The van der Waals surface area contributed by atoms with Gasteiger partial charge in [-0.15, -0.1) is 0 Å². The molecule has 31 heavy (non-hydrogen) atoms. The third-order valence-electron chi connectivity index (χ3n) is 5.91. The van der Waals surface area contributed by atoms with E-state index < -0.39 is 10.0 Å². The van der Waals surface area contributed by atoms with Gasteiger partial charge >= 0.3 is 0 Å². The minimum Gasteiger partial charge on any atom is -0.339 e. The fraction of sp³-hybridized carbons (Fsp3) is 0.417. The van der Waals surface area contributed by atoms with Crippen molar-refractivity contribution in [2.75, 3.05) is 13.1 Å². The van der Waals surface area contributed by atoms with Crippen molar-refractivity contribution in [2.24, 2.45) is 0 Å². The summed E-state index contributed by atoms with van der Waals surface area (Å²) in [5.74, 6) is 1.23. The first kappa shape index (κ1) is 21.7. The highest BCUT2D eigenvalue weighted by Crippen LogP contribution is 2.32. The molecule has 4 rings (SSSR count). The minimum absolute atomic E-state index is 0.0118. The Hall–Kier alpha value is -2.51. The predicted molar refractivity (Wildman–Crippen MR) is 120 cm³/mol. The van der Waals surface area contributed by atoms with E-state index in [1.54, 1.807) is 16.4 Å². The molecule has 1 fully saturated rings. The summed E-state index contributed by atoms with van der Waals surface area (Å²) >= 11 is 0. The standard InChI is InChI=1S/C24H29N3O3S/c1-17-5-7-18(8-6-17)22-25-23(30-26-22)19-13-15-27(16-14-19)31(28,29)21-11-9-20(10-12-21)24(2,3)4/h5-12,19H,13-16H2,1-4H3. The molecule has 0 bridgehead atoms. The zero-order chi connectivity index (χ0) is 22.2. The topological polar surface area (TPSA) is 76.3 Å². The van der Waals surface area contributed by atoms with Crippen molar-refractivity contribution in [3.63, 3.8) is 0 Å². The third kappa shape index (κ3) is 4.57. The first-order valence-corrected chi connectivity index (χ1v) is 12.1. The molecule has 1 aliphatic heterocycles. The van der Waals surface area contributed by atoms with Gasteiger partial charge in [0.2, 0.25) is 21.7 Å². The molecule has 7 heteroatoms. The SMILES string of the molecule is Cc1ccc(-c2noc(C3CCN(S(=O)(=O)c4ccc(C(C)(C)C)cc4)CC3)n2)cc1. The number of nitrogens with zero attached hydrogens (tertiary/aromatic N) is 3. The number of hydrogen-bond donors (Lipinski definition) is 0. The summed E-state index contributed by atoms with van der Waals surface area (Å²) in [6, 6.07) is 15.2. The first-order valence-electron chi connectivity index (χ1n) is 10.7. The Morgan fingerprint density at radius 2 is 1.58 bits per heavy atom. The second kappa shape index (κ2) is 8.20. The Morgan fingerprint density at radius 1 is 0.968 bits per heavy atom. The number of piperidine rings is 1. The van der Waals surface area contributed by atoms with E-state index in [0.29, 0.717) is 42.5 Å². The number of benzene rings is 2. The van der Waals surface area contributed by atoms with E-state index in [0.717, 1.165) is 11.1 Å². The number of sulfonamides is 1. The molecule has 0 unspecified atom stereocenters. The lowest BCUT2D eigenvalue weighted by atomic mass is 9.87. The van der Waals surface area contributed by atoms with Crippen molar-refractivity contribution in [2.45, 2.75) is 56.8 Å². The first-order chi connectivity index (χ1) is 14.6. The van der Waals surface area contributed by atoms with Crippen LogP contribution in [-0.4, -0.2) is 36.0 Å². The summed E-state index contributed by atoms with van der Waals surface area (Å²) in [4.78, 5) is 4.91. The molecule has 6 nitrogen and oxygen atoms in total. The lowest BCUT2D eigenvalue weighted by Crippen LogP contribution is -2.38. The van der Waals surface area contributed by atoms with Gasteiger partial charge in [0.25, 0.3) is 0 Å². The Labute approximate surface area is 184 Å².